The van der Waals surface area contributed by atoms with E-state index in [1.54, 1.807) is 7.11 Å². The summed E-state index contributed by atoms with van der Waals surface area (Å²) in [6.07, 6.45) is 3.67. The van der Waals surface area contributed by atoms with Crippen LogP contribution in [0.15, 0.2) is 22.7 Å². The highest BCUT2D eigenvalue weighted by Gasteiger charge is 2.20. The number of anilines is 1. The van der Waals surface area contributed by atoms with Crippen LogP contribution in [0.3, 0.4) is 0 Å². The van der Waals surface area contributed by atoms with Crippen molar-refractivity contribution in [3.8, 4) is 5.75 Å². The average Bonchev–Trinajstić information content (AvgIpc) is 2.32. The van der Waals surface area contributed by atoms with Crippen LogP contribution in [0, 0.1) is 0 Å². The number of benzene rings is 1. The molecular formula is C13H18BrNO2. The predicted molar refractivity (Wildman–Crippen MR) is 72.6 cm³/mol. The van der Waals surface area contributed by atoms with E-state index in [1.165, 1.54) is 0 Å². The standard InChI is InChI=1S/C13H18BrNO2/c1-17-13-7-2-9(14)8-12(13)15-10-3-5-11(16)6-4-10/h2,7-8,10-11,15-16H,3-6H2,1H3. The molecule has 94 valence electrons. The minimum atomic E-state index is -0.113. The lowest BCUT2D eigenvalue weighted by Gasteiger charge is -2.27. The maximum absolute atomic E-state index is 9.48. The lowest BCUT2D eigenvalue weighted by atomic mass is 9.93. The summed E-state index contributed by atoms with van der Waals surface area (Å²) in [4.78, 5) is 0. The molecule has 0 atom stereocenters. The number of aliphatic hydroxyl groups excluding tert-OH is 1. The highest BCUT2D eigenvalue weighted by Crippen LogP contribution is 2.31. The SMILES string of the molecule is COc1ccc(Br)cc1NC1CCC(O)CC1. The van der Waals surface area contributed by atoms with Crippen molar-refractivity contribution in [1.82, 2.24) is 0 Å². The second-order valence-electron chi connectivity index (χ2n) is 4.49. The topological polar surface area (TPSA) is 41.5 Å². The molecule has 17 heavy (non-hydrogen) atoms. The third-order valence-electron chi connectivity index (χ3n) is 3.22. The number of nitrogens with one attached hydrogen (secondary N) is 1. The maximum Gasteiger partial charge on any atom is 0.142 e. The lowest BCUT2D eigenvalue weighted by molar-refractivity contribution is 0.126. The molecule has 0 heterocycles. The van der Waals surface area contributed by atoms with Gasteiger partial charge in [-0.05, 0) is 43.9 Å². The molecule has 0 aromatic heterocycles. The summed E-state index contributed by atoms with van der Waals surface area (Å²) in [7, 11) is 1.68. The van der Waals surface area contributed by atoms with E-state index < -0.39 is 0 Å². The number of hydrogen-bond acceptors (Lipinski definition) is 3. The number of ether oxygens (including phenoxy) is 1. The van der Waals surface area contributed by atoms with Gasteiger partial charge >= 0.3 is 0 Å². The maximum atomic E-state index is 9.48. The molecule has 0 radical (unpaired) electrons. The van der Waals surface area contributed by atoms with Crippen LogP contribution in [0.25, 0.3) is 0 Å². The molecule has 0 unspecified atom stereocenters. The van der Waals surface area contributed by atoms with Crippen LogP contribution in [0.5, 0.6) is 5.75 Å². The van der Waals surface area contributed by atoms with Crippen molar-refractivity contribution in [2.45, 2.75) is 37.8 Å². The fourth-order valence-electron chi connectivity index (χ4n) is 2.23. The van der Waals surface area contributed by atoms with Gasteiger partial charge in [0.2, 0.25) is 0 Å². The summed E-state index contributed by atoms with van der Waals surface area (Å²) in [5.74, 6) is 0.860. The summed E-state index contributed by atoms with van der Waals surface area (Å²) in [6.45, 7) is 0. The van der Waals surface area contributed by atoms with Gasteiger partial charge in [-0.1, -0.05) is 15.9 Å². The second kappa shape index (κ2) is 5.74. The van der Waals surface area contributed by atoms with E-state index >= 15 is 0 Å². The molecule has 1 aromatic carbocycles. The van der Waals surface area contributed by atoms with E-state index in [0.717, 1.165) is 41.6 Å². The van der Waals surface area contributed by atoms with Crippen molar-refractivity contribution in [2.24, 2.45) is 0 Å². The highest BCUT2D eigenvalue weighted by atomic mass is 79.9. The van der Waals surface area contributed by atoms with E-state index in [4.69, 9.17) is 4.74 Å². The Hall–Kier alpha value is -0.740. The lowest BCUT2D eigenvalue weighted by Crippen LogP contribution is -2.28. The molecule has 1 saturated carbocycles. The van der Waals surface area contributed by atoms with Gasteiger partial charge in [0, 0.05) is 10.5 Å². The summed E-state index contributed by atoms with van der Waals surface area (Å²) in [5, 5.41) is 13.0. The molecule has 0 bridgehead atoms. The van der Waals surface area contributed by atoms with E-state index in [9.17, 15) is 5.11 Å². The minimum absolute atomic E-state index is 0.113. The van der Waals surface area contributed by atoms with E-state index in [1.807, 2.05) is 18.2 Å². The zero-order valence-electron chi connectivity index (χ0n) is 9.95. The third kappa shape index (κ3) is 3.36. The van der Waals surface area contributed by atoms with Gasteiger partial charge in [0.25, 0.3) is 0 Å². The van der Waals surface area contributed by atoms with Gasteiger partial charge in [-0.25, -0.2) is 0 Å². The Bertz CT molecular complexity index is 376. The first kappa shape index (κ1) is 12.7. The number of methoxy groups -OCH3 is 1. The molecular weight excluding hydrogens is 282 g/mol. The van der Waals surface area contributed by atoms with Crippen LogP contribution in [-0.4, -0.2) is 24.4 Å². The second-order valence-corrected chi connectivity index (χ2v) is 5.41. The Kier molecular flexibility index (Phi) is 4.29. The largest absolute Gasteiger partial charge is 0.495 e. The van der Waals surface area contributed by atoms with Crippen LogP contribution in [0.4, 0.5) is 5.69 Å². The summed E-state index contributed by atoms with van der Waals surface area (Å²) in [6, 6.07) is 6.38. The number of halogens is 1. The van der Waals surface area contributed by atoms with Gasteiger partial charge in [0.1, 0.15) is 5.75 Å². The molecule has 1 aliphatic rings. The number of rotatable bonds is 3. The normalized spacial score (nSPS) is 24.4. The van der Waals surface area contributed by atoms with E-state index in [0.29, 0.717) is 6.04 Å². The van der Waals surface area contributed by atoms with Crippen LogP contribution in [0.2, 0.25) is 0 Å². The van der Waals surface area contributed by atoms with Crippen molar-refractivity contribution in [3.63, 3.8) is 0 Å². The fraction of sp³-hybridized carbons (Fsp3) is 0.538. The number of aliphatic hydroxyl groups is 1. The van der Waals surface area contributed by atoms with Crippen LogP contribution >= 0.6 is 15.9 Å². The average molecular weight is 300 g/mol. The van der Waals surface area contributed by atoms with Gasteiger partial charge < -0.3 is 15.2 Å². The molecule has 0 aliphatic heterocycles. The summed E-state index contributed by atoms with van der Waals surface area (Å²) >= 11 is 3.46. The zero-order valence-corrected chi connectivity index (χ0v) is 11.5. The third-order valence-corrected chi connectivity index (χ3v) is 3.71. The fourth-order valence-corrected chi connectivity index (χ4v) is 2.59. The minimum Gasteiger partial charge on any atom is -0.495 e. The molecule has 0 amide bonds. The van der Waals surface area contributed by atoms with Gasteiger partial charge in [-0.3, -0.25) is 0 Å². The first-order valence-electron chi connectivity index (χ1n) is 5.97. The van der Waals surface area contributed by atoms with Crippen molar-refractivity contribution >= 4 is 21.6 Å². The van der Waals surface area contributed by atoms with Crippen molar-refractivity contribution in [3.05, 3.63) is 22.7 Å². The molecule has 2 N–H and O–H groups in total. The Morgan fingerprint density at radius 1 is 1.29 bits per heavy atom. The van der Waals surface area contributed by atoms with Gasteiger partial charge in [0.05, 0.1) is 18.9 Å². The Morgan fingerprint density at radius 3 is 2.65 bits per heavy atom. The molecule has 1 aromatic rings. The van der Waals surface area contributed by atoms with Crippen molar-refractivity contribution in [1.29, 1.82) is 0 Å². The summed E-state index contributed by atoms with van der Waals surface area (Å²) < 4.78 is 6.37. The molecule has 3 nitrogen and oxygen atoms in total. The Labute approximate surface area is 110 Å². The zero-order chi connectivity index (χ0) is 12.3. The van der Waals surface area contributed by atoms with Crippen LogP contribution < -0.4 is 10.1 Å². The smallest absolute Gasteiger partial charge is 0.142 e. The van der Waals surface area contributed by atoms with E-state index in [2.05, 4.69) is 21.2 Å². The molecule has 4 heteroatoms. The summed E-state index contributed by atoms with van der Waals surface area (Å²) in [5.41, 5.74) is 1.02. The van der Waals surface area contributed by atoms with Gasteiger partial charge in [0.15, 0.2) is 0 Å². The monoisotopic (exact) mass is 299 g/mol. The molecule has 2 rings (SSSR count). The van der Waals surface area contributed by atoms with Crippen molar-refractivity contribution in [2.75, 3.05) is 12.4 Å². The molecule has 0 spiro atoms. The van der Waals surface area contributed by atoms with Crippen molar-refractivity contribution < 1.29 is 9.84 Å². The first-order valence-corrected chi connectivity index (χ1v) is 6.76. The number of hydrogen-bond donors (Lipinski definition) is 2. The van der Waals surface area contributed by atoms with Crippen LogP contribution in [0.1, 0.15) is 25.7 Å². The van der Waals surface area contributed by atoms with Gasteiger partial charge in [-0.15, -0.1) is 0 Å². The van der Waals surface area contributed by atoms with Gasteiger partial charge in [-0.2, -0.15) is 0 Å². The van der Waals surface area contributed by atoms with E-state index in [-0.39, 0.29) is 6.10 Å². The molecule has 0 saturated heterocycles. The quantitative estimate of drug-likeness (QED) is 0.901. The molecule has 1 fully saturated rings. The Morgan fingerprint density at radius 2 is 2.00 bits per heavy atom. The predicted octanol–water partition coefficient (Wildman–Crippen LogP) is 3.17. The van der Waals surface area contributed by atoms with Crippen LogP contribution in [-0.2, 0) is 0 Å². The highest BCUT2D eigenvalue weighted by molar-refractivity contribution is 9.10. The molecule has 1 aliphatic carbocycles. The first-order chi connectivity index (χ1) is 8.19. The Balaban J connectivity index is 2.04.